The number of aromatic nitrogens is 1. The van der Waals surface area contributed by atoms with Crippen molar-refractivity contribution in [1.82, 2.24) is 4.98 Å². The molecule has 0 saturated heterocycles. The smallest absolute Gasteiger partial charge is 0.281 e. The molecule has 7 nitrogen and oxygen atoms in total. The van der Waals surface area contributed by atoms with Gasteiger partial charge in [0.25, 0.3) is 5.91 Å². The molecule has 0 radical (unpaired) electrons. The number of anilines is 1. The van der Waals surface area contributed by atoms with Gasteiger partial charge in [0, 0.05) is 17.9 Å². The number of nitrogens with zero attached hydrogens (tertiary/aromatic N) is 2. The highest BCUT2D eigenvalue weighted by molar-refractivity contribution is 6.15. The SMILES string of the molecule is CC(=O)Nc1cccc2nc(-c3ccccc3)cc(C(=O)N=C(N)N)c12. The Kier molecular flexibility index (Phi) is 4.62. The second-order valence-corrected chi connectivity index (χ2v) is 5.64. The zero-order valence-electron chi connectivity index (χ0n) is 14.1. The second kappa shape index (κ2) is 7.02. The average Bonchev–Trinajstić information content (AvgIpc) is 2.60. The van der Waals surface area contributed by atoms with Crippen LogP contribution in [-0.2, 0) is 4.79 Å². The van der Waals surface area contributed by atoms with E-state index in [2.05, 4.69) is 15.3 Å². The van der Waals surface area contributed by atoms with Crippen LogP contribution in [0.4, 0.5) is 5.69 Å². The van der Waals surface area contributed by atoms with Crippen molar-refractivity contribution in [3.63, 3.8) is 0 Å². The summed E-state index contributed by atoms with van der Waals surface area (Å²) in [5.74, 6) is -1.20. The Morgan fingerprint density at radius 2 is 1.77 bits per heavy atom. The van der Waals surface area contributed by atoms with E-state index in [1.807, 2.05) is 30.3 Å². The van der Waals surface area contributed by atoms with Crippen LogP contribution in [0.2, 0.25) is 0 Å². The van der Waals surface area contributed by atoms with Crippen LogP contribution in [0.5, 0.6) is 0 Å². The minimum Gasteiger partial charge on any atom is -0.370 e. The van der Waals surface area contributed by atoms with Gasteiger partial charge in [0.1, 0.15) is 0 Å². The van der Waals surface area contributed by atoms with Crippen molar-refractivity contribution in [2.24, 2.45) is 16.5 Å². The van der Waals surface area contributed by atoms with E-state index in [9.17, 15) is 9.59 Å². The Bertz CT molecular complexity index is 1020. The third-order valence-electron chi connectivity index (χ3n) is 3.68. The lowest BCUT2D eigenvalue weighted by Gasteiger charge is -2.12. The lowest BCUT2D eigenvalue weighted by molar-refractivity contribution is -0.114. The molecule has 1 aromatic heterocycles. The Labute approximate surface area is 149 Å². The van der Waals surface area contributed by atoms with Crippen molar-refractivity contribution >= 4 is 34.4 Å². The molecule has 7 heteroatoms. The van der Waals surface area contributed by atoms with Crippen molar-refractivity contribution in [2.45, 2.75) is 6.92 Å². The Morgan fingerprint density at radius 3 is 2.42 bits per heavy atom. The number of carbonyl (C=O) groups excluding carboxylic acids is 2. The van der Waals surface area contributed by atoms with Gasteiger partial charge in [-0.05, 0) is 18.2 Å². The Morgan fingerprint density at radius 1 is 1.04 bits per heavy atom. The molecule has 5 N–H and O–H groups in total. The van der Waals surface area contributed by atoms with Crippen LogP contribution in [0, 0.1) is 0 Å². The topological polar surface area (TPSA) is 123 Å². The fourth-order valence-corrected chi connectivity index (χ4v) is 2.68. The van der Waals surface area contributed by atoms with Crippen molar-refractivity contribution in [3.8, 4) is 11.3 Å². The molecular weight excluding hydrogens is 330 g/mol. The number of hydrogen-bond acceptors (Lipinski definition) is 3. The lowest BCUT2D eigenvalue weighted by Crippen LogP contribution is -2.24. The number of pyridine rings is 1. The molecule has 3 aromatic rings. The minimum atomic E-state index is -0.604. The molecule has 3 rings (SSSR count). The highest BCUT2D eigenvalue weighted by Crippen LogP contribution is 2.30. The molecule has 0 atom stereocenters. The number of benzene rings is 2. The van der Waals surface area contributed by atoms with Gasteiger partial charge in [-0.15, -0.1) is 0 Å². The molecule has 0 bridgehead atoms. The van der Waals surface area contributed by atoms with E-state index in [4.69, 9.17) is 11.5 Å². The van der Waals surface area contributed by atoms with Gasteiger partial charge in [-0.1, -0.05) is 36.4 Å². The first-order valence-electron chi connectivity index (χ1n) is 7.86. The van der Waals surface area contributed by atoms with Crippen LogP contribution in [0.15, 0.2) is 59.6 Å². The van der Waals surface area contributed by atoms with E-state index in [1.165, 1.54) is 6.92 Å². The molecular formula is C19H17N5O2. The first-order valence-corrected chi connectivity index (χ1v) is 7.86. The Balaban J connectivity index is 2.32. The van der Waals surface area contributed by atoms with Gasteiger partial charge in [0.2, 0.25) is 5.91 Å². The maximum Gasteiger partial charge on any atom is 0.281 e. The van der Waals surface area contributed by atoms with Crippen molar-refractivity contribution in [1.29, 1.82) is 0 Å². The summed E-state index contributed by atoms with van der Waals surface area (Å²) in [6.07, 6.45) is 0. The van der Waals surface area contributed by atoms with E-state index < -0.39 is 5.91 Å². The summed E-state index contributed by atoms with van der Waals surface area (Å²) in [5.41, 5.74) is 13.5. The summed E-state index contributed by atoms with van der Waals surface area (Å²) in [6.45, 7) is 1.39. The fourth-order valence-electron chi connectivity index (χ4n) is 2.68. The number of guanidine groups is 1. The summed E-state index contributed by atoms with van der Waals surface area (Å²) in [5, 5.41) is 3.20. The van der Waals surface area contributed by atoms with Crippen LogP contribution in [0.3, 0.4) is 0 Å². The molecule has 0 fully saturated rings. The number of nitrogens with one attached hydrogen (secondary N) is 1. The van der Waals surface area contributed by atoms with Crippen LogP contribution in [0.25, 0.3) is 22.2 Å². The van der Waals surface area contributed by atoms with Gasteiger partial charge in [-0.25, -0.2) is 4.98 Å². The largest absolute Gasteiger partial charge is 0.370 e. The summed E-state index contributed by atoms with van der Waals surface area (Å²) < 4.78 is 0. The maximum absolute atomic E-state index is 12.6. The zero-order valence-corrected chi connectivity index (χ0v) is 14.1. The van der Waals surface area contributed by atoms with Gasteiger partial charge in [-0.3, -0.25) is 9.59 Å². The van der Waals surface area contributed by atoms with Crippen molar-refractivity contribution in [2.75, 3.05) is 5.32 Å². The number of aliphatic imine (C=N–C) groups is 1. The lowest BCUT2D eigenvalue weighted by atomic mass is 10.0. The zero-order chi connectivity index (χ0) is 18.7. The summed E-state index contributed by atoms with van der Waals surface area (Å²) in [6, 6.07) is 16.3. The molecule has 2 amide bonds. The summed E-state index contributed by atoms with van der Waals surface area (Å²) in [7, 11) is 0. The van der Waals surface area contributed by atoms with E-state index in [1.54, 1.807) is 24.3 Å². The fraction of sp³-hybridized carbons (Fsp3) is 0.0526. The van der Waals surface area contributed by atoms with E-state index in [-0.39, 0.29) is 17.4 Å². The third-order valence-corrected chi connectivity index (χ3v) is 3.68. The van der Waals surface area contributed by atoms with Gasteiger partial charge >= 0.3 is 0 Å². The van der Waals surface area contributed by atoms with Gasteiger partial charge in [-0.2, -0.15) is 4.99 Å². The van der Waals surface area contributed by atoms with E-state index >= 15 is 0 Å². The second-order valence-electron chi connectivity index (χ2n) is 5.64. The normalized spacial score (nSPS) is 10.3. The van der Waals surface area contributed by atoms with E-state index in [0.717, 1.165) is 5.56 Å². The molecule has 0 aliphatic heterocycles. The molecule has 0 aliphatic carbocycles. The number of nitrogens with two attached hydrogens (primary N) is 2. The number of hydrogen-bond donors (Lipinski definition) is 3. The molecule has 0 saturated carbocycles. The number of carbonyl (C=O) groups is 2. The summed E-state index contributed by atoms with van der Waals surface area (Å²) >= 11 is 0. The van der Waals surface area contributed by atoms with Gasteiger partial charge < -0.3 is 16.8 Å². The highest BCUT2D eigenvalue weighted by atomic mass is 16.2. The van der Waals surface area contributed by atoms with Gasteiger partial charge in [0.05, 0.1) is 22.5 Å². The van der Waals surface area contributed by atoms with Crippen LogP contribution < -0.4 is 16.8 Å². The number of fused-ring (bicyclic) bond motifs is 1. The van der Waals surface area contributed by atoms with Gasteiger partial charge in [0.15, 0.2) is 5.96 Å². The highest BCUT2D eigenvalue weighted by Gasteiger charge is 2.17. The first kappa shape index (κ1) is 17.1. The maximum atomic E-state index is 12.6. The first-order chi connectivity index (χ1) is 12.5. The van der Waals surface area contributed by atoms with Crippen LogP contribution in [-0.4, -0.2) is 22.8 Å². The third kappa shape index (κ3) is 3.51. The standard InChI is InChI=1S/C19H17N5O2/c1-11(25)22-14-8-5-9-15-17(14)13(18(26)24-19(20)21)10-16(23-15)12-6-3-2-4-7-12/h2-10H,1H3,(H,22,25)(H4,20,21,24,26). The number of rotatable bonds is 3. The molecule has 0 aliphatic rings. The molecule has 0 spiro atoms. The predicted octanol–water partition coefficient (Wildman–Crippen LogP) is 2.27. The number of amides is 2. The quantitative estimate of drug-likeness (QED) is 0.495. The summed E-state index contributed by atoms with van der Waals surface area (Å²) in [4.78, 5) is 32.4. The average molecular weight is 347 g/mol. The molecule has 1 heterocycles. The van der Waals surface area contributed by atoms with Crippen molar-refractivity contribution in [3.05, 3.63) is 60.2 Å². The van der Waals surface area contributed by atoms with Crippen molar-refractivity contribution < 1.29 is 9.59 Å². The van der Waals surface area contributed by atoms with Crippen LogP contribution in [0.1, 0.15) is 17.3 Å². The molecule has 130 valence electrons. The Hall–Kier alpha value is -3.74. The predicted molar refractivity (Wildman–Crippen MR) is 102 cm³/mol. The molecule has 26 heavy (non-hydrogen) atoms. The monoisotopic (exact) mass is 347 g/mol. The van der Waals surface area contributed by atoms with Crippen LogP contribution >= 0.6 is 0 Å². The minimum absolute atomic E-state index is 0.256. The molecule has 0 unspecified atom stereocenters. The van der Waals surface area contributed by atoms with E-state index in [0.29, 0.717) is 22.3 Å². The molecule has 2 aromatic carbocycles.